The molecule has 0 aliphatic heterocycles. The summed E-state index contributed by atoms with van der Waals surface area (Å²) in [5.74, 6) is -0.958. The summed E-state index contributed by atoms with van der Waals surface area (Å²) in [5.41, 5.74) is -0.767. The van der Waals surface area contributed by atoms with Crippen LogP contribution in [0.25, 0.3) is 0 Å². The van der Waals surface area contributed by atoms with Crippen LogP contribution in [0.3, 0.4) is 0 Å². The largest absolute Gasteiger partial charge is 0.315 e. The zero-order chi connectivity index (χ0) is 15.8. The number of benzene rings is 1. The Kier molecular flexibility index (Phi) is 3.78. The van der Waals surface area contributed by atoms with Crippen molar-refractivity contribution in [3.63, 3.8) is 0 Å². The molecule has 0 amide bonds. The van der Waals surface area contributed by atoms with Gasteiger partial charge in [-0.05, 0) is 13.0 Å². The maximum absolute atomic E-state index is 13.3. The van der Waals surface area contributed by atoms with Crippen LogP contribution in [0.5, 0.6) is 0 Å². The molecular weight excluding hydrogens is 325 g/mol. The summed E-state index contributed by atoms with van der Waals surface area (Å²) >= 11 is 0.466. The minimum absolute atomic E-state index is 0.128. The fourth-order valence-electron chi connectivity index (χ4n) is 1.59. The van der Waals surface area contributed by atoms with Crippen LogP contribution in [0.4, 0.5) is 15.8 Å². The van der Waals surface area contributed by atoms with Gasteiger partial charge in [0.1, 0.15) is 5.82 Å². The second kappa shape index (κ2) is 5.26. The second-order valence-electron chi connectivity index (χ2n) is 3.99. The summed E-state index contributed by atoms with van der Waals surface area (Å²) in [5, 5.41) is 10.6. The minimum atomic E-state index is -4.13. The lowest BCUT2D eigenvalue weighted by Crippen LogP contribution is -2.13. The van der Waals surface area contributed by atoms with Gasteiger partial charge in [0.05, 0.1) is 16.7 Å². The molecule has 112 valence electrons. The van der Waals surface area contributed by atoms with E-state index in [4.69, 9.17) is 0 Å². The normalized spacial score (nSPS) is 11.3. The number of sulfonamides is 1. The van der Waals surface area contributed by atoms with Gasteiger partial charge in [-0.1, -0.05) is 11.3 Å². The first-order valence-corrected chi connectivity index (χ1v) is 7.66. The zero-order valence-corrected chi connectivity index (χ0v) is 12.0. The van der Waals surface area contributed by atoms with Gasteiger partial charge in [-0.15, -0.1) is 0 Å². The Bertz CT molecular complexity index is 871. The first-order valence-electron chi connectivity index (χ1n) is 5.36. The van der Waals surface area contributed by atoms with Gasteiger partial charge in [0.2, 0.25) is 0 Å². The average Bonchev–Trinajstić information content (AvgIpc) is 2.67. The van der Waals surface area contributed by atoms with E-state index in [1.165, 1.54) is 6.92 Å². The molecule has 2 aromatic rings. The maximum atomic E-state index is 13.3. The van der Waals surface area contributed by atoms with Gasteiger partial charge in [0.25, 0.3) is 15.7 Å². The number of thiazole rings is 1. The first kappa shape index (κ1) is 15.1. The van der Waals surface area contributed by atoms with E-state index < -0.39 is 31.3 Å². The lowest BCUT2D eigenvalue weighted by molar-refractivity contribution is -0.385. The summed E-state index contributed by atoms with van der Waals surface area (Å²) < 4.78 is 39.1. The van der Waals surface area contributed by atoms with Crippen molar-refractivity contribution in [2.75, 3.05) is 4.72 Å². The third-order valence-corrected chi connectivity index (χ3v) is 5.36. The average molecular weight is 333 g/mol. The molecule has 0 atom stereocenters. The number of non-ortho nitro benzene ring substituents is 1. The van der Waals surface area contributed by atoms with Crippen molar-refractivity contribution in [3.8, 4) is 0 Å². The van der Waals surface area contributed by atoms with E-state index in [0.717, 1.165) is 12.1 Å². The molecule has 0 spiro atoms. The number of hydrogen-bond donors (Lipinski definition) is 2. The summed E-state index contributed by atoms with van der Waals surface area (Å²) in [4.78, 5) is 22.6. The minimum Gasteiger partial charge on any atom is -0.315 e. The molecule has 1 aromatic carbocycles. The quantitative estimate of drug-likeness (QED) is 0.650. The van der Waals surface area contributed by atoms with E-state index in [1.54, 1.807) is 0 Å². The number of H-pyrrole nitrogens is 1. The SMILES string of the molecule is Cc1[nH]c(=O)sc1S(=O)(=O)Nc1cc(F)cc([N+](=O)[O-])c1. The maximum Gasteiger partial charge on any atom is 0.306 e. The van der Waals surface area contributed by atoms with E-state index in [1.807, 2.05) is 4.72 Å². The predicted molar refractivity (Wildman–Crippen MR) is 73.5 cm³/mol. The molecule has 0 saturated carbocycles. The molecule has 2 N–H and O–H groups in total. The Morgan fingerprint density at radius 3 is 2.57 bits per heavy atom. The highest BCUT2D eigenvalue weighted by molar-refractivity contribution is 7.94. The third-order valence-electron chi connectivity index (χ3n) is 2.37. The number of aryl methyl sites for hydroxylation is 1. The van der Waals surface area contributed by atoms with E-state index in [0.29, 0.717) is 17.4 Å². The number of hydrogen-bond acceptors (Lipinski definition) is 6. The molecule has 0 aliphatic carbocycles. The van der Waals surface area contributed by atoms with Gasteiger partial charge in [0.15, 0.2) is 4.21 Å². The number of nitro groups is 1. The molecule has 2 rings (SSSR count). The van der Waals surface area contributed by atoms with Crippen LogP contribution < -0.4 is 9.60 Å². The van der Waals surface area contributed by atoms with Crippen molar-refractivity contribution in [2.45, 2.75) is 11.1 Å². The Labute approximate surface area is 121 Å². The molecule has 21 heavy (non-hydrogen) atoms. The van der Waals surface area contributed by atoms with Gasteiger partial charge >= 0.3 is 4.87 Å². The molecule has 8 nitrogen and oxygen atoms in total. The number of halogens is 1. The van der Waals surface area contributed by atoms with Crippen molar-refractivity contribution in [1.82, 2.24) is 4.98 Å². The number of nitrogens with zero attached hydrogens (tertiary/aromatic N) is 1. The summed E-state index contributed by atoms with van der Waals surface area (Å²) in [7, 11) is -4.13. The van der Waals surface area contributed by atoms with Gasteiger partial charge < -0.3 is 4.98 Å². The topological polar surface area (TPSA) is 122 Å². The van der Waals surface area contributed by atoms with Gasteiger partial charge in [0, 0.05) is 11.8 Å². The van der Waals surface area contributed by atoms with Crippen molar-refractivity contribution in [1.29, 1.82) is 0 Å². The highest BCUT2D eigenvalue weighted by atomic mass is 32.2. The fraction of sp³-hybridized carbons (Fsp3) is 0.100. The second-order valence-corrected chi connectivity index (χ2v) is 6.85. The highest BCUT2D eigenvalue weighted by Gasteiger charge is 2.22. The number of rotatable bonds is 4. The molecule has 1 aromatic heterocycles. The number of anilines is 1. The van der Waals surface area contributed by atoms with Crippen LogP contribution in [0.2, 0.25) is 0 Å². The fourth-order valence-corrected chi connectivity index (χ4v) is 3.93. The summed E-state index contributed by atoms with van der Waals surface area (Å²) in [6, 6.07) is 2.35. The van der Waals surface area contributed by atoms with Crippen LogP contribution in [0.1, 0.15) is 5.69 Å². The zero-order valence-electron chi connectivity index (χ0n) is 10.4. The van der Waals surface area contributed by atoms with Crippen LogP contribution >= 0.6 is 11.3 Å². The highest BCUT2D eigenvalue weighted by Crippen LogP contribution is 2.24. The Morgan fingerprint density at radius 2 is 2.05 bits per heavy atom. The lowest BCUT2D eigenvalue weighted by Gasteiger charge is -2.06. The Morgan fingerprint density at radius 1 is 1.38 bits per heavy atom. The molecule has 0 saturated heterocycles. The smallest absolute Gasteiger partial charge is 0.306 e. The molecule has 0 radical (unpaired) electrons. The molecule has 0 fully saturated rings. The number of nitrogens with one attached hydrogen (secondary N) is 2. The Hall–Kier alpha value is -2.27. The summed E-state index contributed by atoms with van der Waals surface area (Å²) in [6.45, 7) is 1.39. The van der Waals surface area contributed by atoms with Crippen molar-refractivity contribution in [2.24, 2.45) is 0 Å². The lowest BCUT2D eigenvalue weighted by atomic mass is 10.3. The van der Waals surface area contributed by atoms with E-state index in [-0.39, 0.29) is 15.6 Å². The molecule has 0 bridgehead atoms. The standard InChI is InChI=1S/C10H8FN3O5S2/c1-5-9(20-10(15)12-5)21(18,19)13-7-2-6(11)3-8(4-7)14(16)17/h2-4,13H,1H3,(H,12,15). The van der Waals surface area contributed by atoms with E-state index in [2.05, 4.69) is 4.98 Å². The Balaban J connectivity index is 2.44. The predicted octanol–water partition coefficient (Wildman–Crippen LogP) is 1.59. The van der Waals surface area contributed by atoms with Gasteiger partial charge in [-0.2, -0.15) is 0 Å². The molecule has 0 aliphatic rings. The number of aromatic amines is 1. The molecule has 11 heteroatoms. The monoisotopic (exact) mass is 333 g/mol. The van der Waals surface area contributed by atoms with Crippen molar-refractivity contribution >= 4 is 32.7 Å². The summed E-state index contributed by atoms with van der Waals surface area (Å²) in [6.07, 6.45) is 0. The number of aromatic nitrogens is 1. The first-order chi connectivity index (χ1) is 9.69. The van der Waals surface area contributed by atoms with Gasteiger partial charge in [-0.25, -0.2) is 12.8 Å². The molecular formula is C10H8FN3O5S2. The third kappa shape index (κ3) is 3.25. The van der Waals surface area contributed by atoms with Crippen LogP contribution in [0.15, 0.2) is 27.2 Å². The molecule has 0 unspecified atom stereocenters. The van der Waals surface area contributed by atoms with E-state index in [9.17, 15) is 27.7 Å². The van der Waals surface area contributed by atoms with Crippen LogP contribution in [-0.2, 0) is 10.0 Å². The van der Waals surface area contributed by atoms with Crippen LogP contribution in [0, 0.1) is 22.9 Å². The molecule has 1 heterocycles. The van der Waals surface area contributed by atoms with Crippen molar-refractivity contribution in [3.05, 3.63) is 49.5 Å². The van der Waals surface area contributed by atoms with Crippen LogP contribution in [-0.4, -0.2) is 18.3 Å². The van der Waals surface area contributed by atoms with Crippen molar-refractivity contribution < 1.29 is 17.7 Å². The number of nitro benzene ring substituents is 1. The van der Waals surface area contributed by atoms with E-state index >= 15 is 0 Å². The van der Waals surface area contributed by atoms with Gasteiger partial charge in [-0.3, -0.25) is 19.6 Å².